The van der Waals surface area contributed by atoms with Gasteiger partial charge in [-0.3, -0.25) is 24.5 Å². The first-order chi connectivity index (χ1) is 18.0. The number of Topliss-reactive ketones (excluding diaryl/α,β-unsaturated/α-hetero) is 1. The third-order valence-electron chi connectivity index (χ3n) is 6.27. The summed E-state index contributed by atoms with van der Waals surface area (Å²) in [5.74, 6) is -1.99. The molecule has 2 unspecified atom stereocenters. The molecule has 212 valence electrons. The fourth-order valence-corrected chi connectivity index (χ4v) is 6.08. The summed E-state index contributed by atoms with van der Waals surface area (Å²) in [7, 11) is 3.05. The predicted octanol–water partition coefficient (Wildman–Crippen LogP) is 1.72. The van der Waals surface area contributed by atoms with Gasteiger partial charge in [0, 0.05) is 24.0 Å². The van der Waals surface area contributed by atoms with Crippen molar-refractivity contribution in [3.05, 3.63) is 23.9 Å². The SMILES string of the molecule is C/C=C1/NC(=O)C2CSSCC/C=C/[C@H](CC(=O)NC[C@H](C(C)C)C(=O)CN2)OC(=O)C(C(C)C)NC1=O. The Morgan fingerprint density at radius 1 is 1.05 bits per heavy atom. The van der Waals surface area contributed by atoms with Crippen LogP contribution < -0.4 is 21.3 Å². The van der Waals surface area contributed by atoms with Crippen molar-refractivity contribution in [1.29, 1.82) is 0 Å². The molecular weight excluding hydrogens is 528 g/mol. The van der Waals surface area contributed by atoms with Crippen molar-refractivity contribution < 1.29 is 28.7 Å². The van der Waals surface area contributed by atoms with E-state index in [-0.39, 0.29) is 48.7 Å². The van der Waals surface area contributed by atoms with Crippen LogP contribution in [0.25, 0.3) is 0 Å². The first-order valence-electron chi connectivity index (χ1n) is 13.0. The lowest BCUT2D eigenvalue weighted by molar-refractivity contribution is -0.153. The second-order valence-corrected chi connectivity index (χ2v) is 12.6. The molecule has 0 aromatic rings. The van der Waals surface area contributed by atoms with E-state index in [4.69, 9.17) is 4.74 Å². The van der Waals surface area contributed by atoms with Gasteiger partial charge in [0.15, 0.2) is 5.78 Å². The van der Waals surface area contributed by atoms with Crippen LogP contribution in [0.5, 0.6) is 0 Å². The lowest BCUT2D eigenvalue weighted by Gasteiger charge is -2.26. The minimum absolute atomic E-state index is 0.00876. The van der Waals surface area contributed by atoms with Crippen LogP contribution in [-0.4, -0.2) is 72.3 Å². The highest BCUT2D eigenvalue weighted by Gasteiger charge is 2.31. The quantitative estimate of drug-likeness (QED) is 0.169. The van der Waals surface area contributed by atoms with Crippen LogP contribution in [0.1, 0.15) is 47.5 Å². The van der Waals surface area contributed by atoms with Crippen molar-refractivity contribution in [3.8, 4) is 0 Å². The minimum Gasteiger partial charge on any atom is -0.456 e. The van der Waals surface area contributed by atoms with Crippen LogP contribution in [0.4, 0.5) is 0 Å². The molecular formula is C26H40N4O6S2. The highest BCUT2D eigenvalue weighted by Crippen LogP contribution is 2.24. The average Bonchev–Trinajstić information content (AvgIpc) is 2.85. The van der Waals surface area contributed by atoms with Gasteiger partial charge in [-0.25, -0.2) is 4.79 Å². The first kappa shape index (κ1) is 31.9. The molecule has 0 spiro atoms. The molecule has 0 aromatic heterocycles. The molecule has 3 amide bonds. The maximum absolute atomic E-state index is 13.2. The zero-order valence-electron chi connectivity index (χ0n) is 22.7. The van der Waals surface area contributed by atoms with E-state index >= 15 is 0 Å². The second kappa shape index (κ2) is 15.9. The molecule has 38 heavy (non-hydrogen) atoms. The lowest BCUT2D eigenvalue weighted by Crippen LogP contribution is -2.52. The van der Waals surface area contributed by atoms with Crippen molar-refractivity contribution in [1.82, 2.24) is 21.3 Å². The topological polar surface area (TPSA) is 143 Å². The van der Waals surface area contributed by atoms with E-state index in [0.717, 1.165) is 5.75 Å². The van der Waals surface area contributed by atoms with Crippen LogP contribution in [0.2, 0.25) is 0 Å². The molecule has 2 aliphatic rings. The number of ketones is 1. The van der Waals surface area contributed by atoms with Gasteiger partial charge < -0.3 is 20.7 Å². The number of hydrogen-bond donors (Lipinski definition) is 4. The Bertz CT molecular complexity index is 937. The molecule has 4 atom stereocenters. The Morgan fingerprint density at radius 2 is 1.79 bits per heavy atom. The van der Waals surface area contributed by atoms with E-state index in [1.807, 2.05) is 19.9 Å². The molecule has 0 saturated heterocycles. The number of carbonyl (C=O) groups is 5. The summed E-state index contributed by atoms with van der Waals surface area (Å²) in [6.07, 6.45) is 4.72. The Morgan fingerprint density at radius 3 is 2.45 bits per heavy atom. The van der Waals surface area contributed by atoms with Crippen molar-refractivity contribution >= 4 is 51.1 Å². The lowest BCUT2D eigenvalue weighted by atomic mass is 9.91. The molecule has 4 N–H and O–H groups in total. The molecule has 12 heteroatoms. The molecule has 0 radical (unpaired) electrons. The maximum Gasteiger partial charge on any atom is 0.329 e. The number of hydrogen-bond acceptors (Lipinski definition) is 9. The summed E-state index contributed by atoms with van der Waals surface area (Å²) < 4.78 is 5.69. The van der Waals surface area contributed by atoms with Crippen LogP contribution in [0.15, 0.2) is 23.9 Å². The third kappa shape index (κ3) is 10.1. The summed E-state index contributed by atoms with van der Waals surface area (Å²) in [5, 5.41) is 11.2. The summed E-state index contributed by atoms with van der Waals surface area (Å²) in [6.45, 7) is 9.02. The number of carbonyl (C=O) groups excluding carboxylic acids is 5. The molecule has 0 aromatic carbocycles. The maximum atomic E-state index is 13.2. The summed E-state index contributed by atoms with van der Waals surface area (Å²) in [5.41, 5.74) is -0.00876. The molecule has 2 aliphatic heterocycles. The predicted molar refractivity (Wildman–Crippen MR) is 150 cm³/mol. The van der Waals surface area contributed by atoms with Gasteiger partial charge in [-0.05, 0) is 31.3 Å². The summed E-state index contributed by atoms with van der Waals surface area (Å²) >= 11 is 0. The van der Waals surface area contributed by atoms with Crippen molar-refractivity contribution in [2.24, 2.45) is 17.8 Å². The van der Waals surface area contributed by atoms with Gasteiger partial charge in [0.2, 0.25) is 11.8 Å². The van der Waals surface area contributed by atoms with E-state index < -0.39 is 41.9 Å². The van der Waals surface area contributed by atoms with Crippen molar-refractivity contribution in [3.63, 3.8) is 0 Å². The molecule has 2 heterocycles. The largest absolute Gasteiger partial charge is 0.456 e. The number of amides is 3. The van der Waals surface area contributed by atoms with Crippen molar-refractivity contribution in [2.45, 2.75) is 65.6 Å². The van der Waals surface area contributed by atoms with Gasteiger partial charge in [-0.2, -0.15) is 0 Å². The van der Waals surface area contributed by atoms with Gasteiger partial charge in [-0.15, -0.1) is 0 Å². The number of rotatable bonds is 2. The Labute approximate surface area is 232 Å². The summed E-state index contributed by atoms with van der Waals surface area (Å²) in [4.78, 5) is 65.3. The minimum atomic E-state index is -0.995. The number of allylic oxidation sites excluding steroid dienone is 2. The number of fused-ring (bicyclic) bond motifs is 7. The van der Waals surface area contributed by atoms with Gasteiger partial charge in [0.05, 0.1) is 19.0 Å². The van der Waals surface area contributed by atoms with E-state index in [2.05, 4.69) is 21.3 Å². The third-order valence-corrected chi connectivity index (χ3v) is 8.71. The van der Waals surface area contributed by atoms with Crippen molar-refractivity contribution in [2.75, 3.05) is 24.6 Å². The molecule has 2 bridgehead atoms. The van der Waals surface area contributed by atoms with E-state index in [1.165, 1.54) is 16.9 Å². The monoisotopic (exact) mass is 568 g/mol. The molecule has 10 nitrogen and oxygen atoms in total. The van der Waals surface area contributed by atoms with E-state index in [9.17, 15) is 24.0 Å². The van der Waals surface area contributed by atoms with E-state index in [0.29, 0.717) is 12.2 Å². The molecule has 0 aliphatic carbocycles. The normalized spacial score (nSPS) is 29.6. The van der Waals surface area contributed by atoms with Gasteiger partial charge in [0.25, 0.3) is 5.91 Å². The van der Waals surface area contributed by atoms with Crippen LogP contribution in [0.3, 0.4) is 0 Å². The fourth-order valence-electron chi connectivity index (χ4n) is 3.89. The Balaban J connectivity index is 2.50. The first-order valence-corrected chi connectivity index (χ1v) is 15.4. The number of ether oxygens (including phenoxy) is 1. The number of nitrogens with one attached hydrogen (secondary N) is 4. The fraction of sp³-hybridized carbons (Fsp3) is 0.654. The molecule has 2 rings (SSSR count). The highest BCUT2D eigenvalue weighted by atomic mass is 33.1. The van der Waals surface area contributed by atoms with Gasteiger partial charge >= 0.3 is 5.97 Å². The van der Waals surface area contributed by atoms with Gasteiger partial charge in [0.1, 0.15) is 17.8 Å². The molecule has 0 fully saturated rings. The standard InChI is InChI=1S/C26H40N4O6S2/c1-6-19-24(33)30-23(16(4)5)26(35)36-17-9-7-8-10-37-38-14-20(25(34)29-19)27-13-21(31)18(15(2)3)12-28-22(32)11-17/h6-7,9,15-18,20,23,27H,8,10-14H2,1-5H3,(H,28,32)(H,29,34)(H,30,33)/b9-7+,19-6+/t17-,18-,20?,23?/m1/s1. The van der Waals surface area contributed by atoms with Gasteiger partial charge in [-0.1, -0.05) is 61.4 Å². The average molecular weight is 569 g/mol. The number of esters is 1. The zero-order valence-corrected chi connectivity index (χ0v) is 24.3. The van der Waals surface area contributed by atoms with Crippen LogP contribution in [-0.2, 0) is 28.7 Å². The van der Waals surface area contributed by atoms with Crippen LogP contribution in [0, 0.1) is 17.8 Å². The Hall–Kier alpha value is -2.31. The van der Waals surface area contributed by atoms with Crippen LogP contribution >= 0.6 is 21.6 Å². The smallest absolute Gasteiger partial charge is 0.329 e. The second-order valence-electron chi connectivity index (χ2n) is 9.94. The Kier molecular flexibility index (Phi) is 13.4. The summed E-state index contributed by atoms with van der Waals surface area (Å²) in [6, 6.07) is -1.75. The van der Waals surface area contributed by atoms with E-state index in [1.54, 1.807) is 37.6 Å². The molecule has 0 saturated carbocycles. The highest BCUT2D eigenvalue weighted by molar-refractivity contribution is 8.76. The zero-order chi connectivity index (χ0) is 28.2.